The Hall–Kier alpha value is -0.680. The van der Waals surface area contributed by atoms with Crippen molar-refractivity contribution in [1.82, 2.24) is 0 Å². The van der Waals surface area contributed by atoms with Gasteiger partial charge in [0.25, 0.3) is 0 Å². The van der Waals surface area contributed by atoms with Crippen molar-refractivity contribution in [1.29, 1.82) is 0 Å². The van der Waals surface area contributed by atoms with Gasteiger partial charge in [0.15, 0.2) is 0 Å². The summed E-state index contributed by atoms with van der Waals surface area (Å²) in [6.45, 7) is 4.46. The Morgan fingerprint density at radius 2 is 1.19 bits per heavy atom. The molecular weight excluding hydrogens is 234 g/mol. The molecule has 0 amide bonds. The highest BCUT2D eigenvalue weighted by Gasteiger charge is 2.36. The van der Waals surface area contributed by atoms with E-state index in [0.29, 0.717) is 0 Å². The average Bonchev–Trinajstić information content (AvgIpc) is 1.95. The maximum Gasteiger partial charge on any atom is 0.392 e. The SMILES string of the molecule is CC(=C(CC(F)(F)F)CC(F)(F)F)C(C)C. The van der Waals surface area contributed by atoms with Crippen LogP contribution < -0.4 is 0 Å². The van der Waals surface area contributed by atoms with Crippen LogP contribution in [0.5, 0.6) is 0 Å². The Morgan fingerprint density at radius 1 is 0.875 bits per heavy atom. The molecule has 0 atom stereocenters. The van der Waals surface area contributed by atoms with Crippen molar-refractivity contribution >= 4 is 0 Å². The van der Waals surface area contributed by atoms with Crippen LogP contribution in [0.2, 0.25) is 0 Å². The molecule has 0 rings (SSSR count). The van der Waals surface area contributed by atoms with Gasteiger partial charge in [-0.2, -0.15) is 26.3 Å². The summed E-state index contributed by atoms with van der Waals surface area (Å²) in [7, 11) is 0. The van der Waals surface area contributed by atoms with Crippen LogP contribution in [0.4, 0.5) is 26.3 Å². The van der Waals surface area contributed by atoms with Crippen molar-refractivity contribution in [2.75, 3.05) is 0 Å². The maximum atomic E-state index is 12.1. The second-order valence-corrected chi connectivity index (χ2v) is 4.03. The minimum Gasteiger partial charge on any atom is -0.171 e. The van der Waals surface area contributed by atoms with E-state index >= 15 is 0 Å². The number of hydrogen-bond donors (Lipinski definition) is 0. The molecule has 0 aliphatic rings. The predicted molar refractivity (Wildman–Crippen MR) is 48.9 cm³/mol. The van der Waals surface area contributed by atoms with E-state index < -0.39 is 30.8 Å². The highest BCUT2D eigenvalue weighted by Crippen LogP contribution is 2.35. The van der Waals surface area contributed by atoms with E-state index in [1.807, 2.05) is 0 Å². The Bertz CT molecular complexity index is 237. The normalized spacial score (nSPS) is 13.1. The fourth-order valence-corrected chi connectivity index (χ4v) is 1.23. The van der Waals surface area contributed by atoms with E-state index in [1.54, 1.807) is 13.8 Å². The van der Waals surface area contributed by atoms with Crippen molar-refractivity contribution in [3.05, 3.63) is 11.1 Å². The molecule has 0 aromatic rings. The number of hydrogen-bond acceptors (Lipinski definition) is 0. The molecule has 0 aliphatic carbocycles. The molecule has 0 bridgehead atoms. The molecule has 0 nitrogen and oxygen atoms in total. The minimum absolute atomic E-state index is 0.162. The van der Waals surface area contributed by atoms with Gasteiger partial charge in [-0.05, 0) is 12.8 Å². The number of rotatable bonds is 3. The first-order chi connectivity index (χ1) is 6.92. The van der Waals surface area contributed by atoms with Gasteiger partial charge in [0.2, 0.25) is 0 Å². The van der Waals surface area contributed by atoms with Crippen LogP contribution in [0.3, 0.4) is 0 Å². The van der Waals surface area contributed by atoms with Gasteiger partial charge in [-0.1, -0.05) is 25.0 Å². The Kier molecular flexibility index (Phi) is 4.88. The third-order valence-corrected chi connectivity index (χ3v) is 2.25. The van der Waals surface area contributed by atoms with Crippen LogP contribution >= 0.6 is 0 Å². The maximum absolute atomic E-state index is 12.1. The van der Waals surface area contributed by atoms with Gasteiger partial charge in [0, 0.05) is 0 Å². The van der Waals surface area contributed by atoms with Crippen LogP contribution in [0.15, 0.2) is 11.1 Å². The molecule has 0 unspecified atom stereocenters. The van der Waals surface area contributed by atoms with Gasteiger partial charge in [-0.3, -0.25) is 0 Å². The molecule has 16 heavy (non-hydrogen) atoms. The molecule has 96 valence electrons. The van der Waals surface area contributed by atoms with Crippen molar-refractivity contribution in [2.24, 2.45) is 5.92 Å². The van der Waals surface area contributed by atoms with E-state index in [-0.39, 0.29) is 11.5 Å². The molecule has 0 radical (unpaired) electrons. The third-order valence-electron chi connectivity index (χ3n) is 2.25. The molecule has 0 saturated heterocycles. The number of halogens is 6. The molecule has 0 spiro atoms. The largest absolute Gasteiger partial charge is 0.392 e. The lowest BCUT2D eigenvalue weighted by Gasteiger charge is -2.18. The predicted octanol–water partition coefficient (Wildman–Crippen LogP) is 4.86. The quantitative estimate of drug-likeness (QED) is 0.494. The first-order valence-electron chi connectivity index (χ1n) is 4.74. The number of allylic oxidation sites excluding steroid dienone is 2. The van der Waals surface area contributed by atoms with Crippen LogP contribution in [0.1, 0.15) is 33.6 Å². The topological polar surface area (TPSA) is 0 Å². The highest BCUT2D eigenvalue weighted by atomic mass is 19.4. The Labute approximate surface area is 90.3 Å². The molecular formula is C10H14F6. The van der Waals surface area contributed by atoms with Crippen LogP contribution in [-0.2, 0) is 0 Å². The molecule has 0 heterocycles. The lowest BCUT2D eigenvalue weighted by Crippen LogP contribution is -2.17. The monoisotopic (exact) mass is 248 g/mol. The fourth-order valence-electron chi connectivity index (χ4n) is 1.23. The zero-order valence-electron chi connectivity index (χ0n) is 9.26. The standard InChI is InChI=1S/C10H14F6/c1-6(2)7(3)8(4-9(11,12)13)5-10(14,15)16/h6H,4-5H2,1-3H3. The van der Waals surface area contributed by atoms with Crippen LogP contribution in [-0.4, -0.2) is 12.4 Å². The van der Waals surface area contributed by atoms with Gasteiger partial charge in [-0.15, -0.1) is 0 Å². The number of alkyl halides is 6. The molecule has 0 N–H and O–H groups in total. The summed E-state index contributed by atoms with van der Waals surface area (Å²) < 4.78 is 72.6. The fraction of sp³-hybridized carbons (Fsp3) is 0.800. The van der Waals surface area contributed by atoms with Gasteiger partial charge < -0.3 is 0 Å². The van der Waals surface area contributed by atoms with E-state index in [4.69, 9.17) is 0 Å². The molecule has 0 fully saturated rings. The zero-order valence-corrected chi connectivity index (χ0v) is 9.26. The summed E-state index contributed by atoms with van der Waals surface area (Å²) in [4.78, 5) is 0. The average molecular weight is 248 g/mol. The highest BCUT2D eigenvalue weighted by molar-refractivity contribution is 5.16. The van der Waals surface area contributed by atoms with Crippen LogP contribution in [0.25, 0.3) is 0 Å². The second-order valence-electron chi connectivity index (χ2n) is 4.03. The zero-order chi connectivity index (χ0) is 13.1. The van der Waals surface area contributed by atoms with E-state index in [2.05, 4.69) is 0 Å². The molecule has 0 saturated carbocycles. The third kappa shape index (κ3) is 6.74. The van der Waals surface area contributed by atoms with E-state index in [9.17, 15) is 26.3 Å². The lowest BCUT2D eigenvalue weighted by atomic mass is 9.94. The first kappa shape index (κ1) is 15.3. The smallest absolute Gasteiger partial charge is 0.171 e. The van der Waals surface area contributed by atoms with E-state index in [0.717, 1.165) is 0 Å². The van der Waals surface area contributed by atoms with Crippen LogP contribution in [0, 0.1) is 5.92 Å². The van der Waals surface area contributed by atoms with Crippen molar-refractivity contribution in [2.45, 2.75) is 46.0 Å². The molecule has 6 heteroatoms. The molecule has 0 aromatic heterocycles. The Morgan fingerprint density at radius 3 is 1.38 bits per heavy atom. The van der Waals surface area contributed by atoms with Gasteiger partial charge in [-0.25, -0.2) is 0 Å². The summed E-state index contributed by atoms with van der Waals surface area (Å²) in [6.07, 6.45) is -12.2. The molecule has 0 aliphatic heterocycles. The van der Waals surface area contributed by atoms with Crippen molar-refractivity contribution in [3.8, 4) is 0 Å². The van der Waals surface area contributed by atoms with Gasteiger partial charge in [0.1, 0.15) is 0 Å². The summed E-state index contributed by atoms with van der Waals surface area (Å²) in [5.74, 6) is -0.320. The second kappa shape index (κ2) is 5.10. The minimum atomic E-state index is -4.60. The van der Waals surface area contributed by atoms with Gasteiger partial charge in [0.05, 0.1) is 12.8 Å². The van der Waals surface area contributed by atoms with Crippen molar-refractivity contribution in [3.63, 3.8) is 0 Å². The summed E-state index contributed by atoms with van der Waals surface area (Å²) in [5.41, 5.74) is -0.412. The van der Waals surface area contributed by atoms with Crippen molar-refractivity contribution < 1.29 is 26.3 Å². The van der Waals surface area contributed by atoms with Gasteiger partial charge >= 0.3 is 12.4 Å². The summed E-state index contributed by atoms with van der Waals surface area (Å²) >= 11 is 0. The first-order valence-corrected chi connectivity index (χ1v) is 4.74. The summed E-state index contributed by atoms with van der Waals surface area (Å²) in [6, 6.07) is 0. The van der Waals surface area contributed by atoms with E-state index in [1.165, 1.54) is 6.92 Å². The summed E-state index contributed by atoms with van der Waals surface area (Å²) in [5, 5.41) is 0. The lowest BCUT2D eigenvalue weighted by molar-refractivity contribution is -0.142. The molecule has 0 aromatic carbocycles. The Balaban J connectivity index is 5.00.